The van der Waals surface area contributed by atoms with Crippen molar-refractivity contribution in [1.82, 2.24) is 9.47 Å². The van der Waals surface area contributed by atoms with Gasteiger partial charge in [0, 0.05) is 41.5 Å². The van der Waals surface area contributed by atoms with E-state index in [-0.39, 0.29) is 0 Å². The molecular formula is C24H30N2S. The maximum absolute atomic E-state index is 2.65. The average Bonchev–Trinajstić information content (AvgIpc) is 2.97. The summed E-state index contributed by atoms with van der Waals surface area (Å²) >= 11 is 1.96. The molecule has 0 radical (unpaired) electrons. The van der Waals surface area contributed by atoms with E-state index < -0.39 is 0 Å². The largest absolute Gasteiger partial charge is 0.347 e. The predicted molar refractivity (Wildman–Crippen MR) is 118 cm³/mol. The van der Waals surface area contributed by atoms with Crippen LogP contribution >= 0.6 is 11.8 Å². The molecule has 0 spiro atoms. The number of rotatable bonds is 6. The van der Waals surface area contributed by atoms with Crippen LogP contribution in [0.2, 0.25) is 0 Å². The molecule has 2 aromatic carbocycles. The third-order valence-corrected chi connectivity index (χ3v) is 6.80. The fourth-order valence-electron chi connectivity index (χ4n) is 4.39. The Balaban J connectivity index is 1.75. The van der Waals surface area contributed by atoms with Crippen molar-refractivity contribution in [1.29, 1.82) is 0 Å². The van der Waals surface area contributed by atoms with Crippen molar-refractivity contribution in [2.45, 2.75) is 44.0 Å². The minimum Gasteiger partial charge on any atom is -0.347 e. The van der Waals surface area contributed by atoms with Gasteiger partial charge in [0.2, 0.25) is 0 Å². The molecule has 1 aliphatic rings. The summed E-state index contributed by atoms with van der Waals surface area (Å²) in [6.07, 6.45) is 5.09. The Kier molecular flexibility index (Phi) is 5.89. The molecule has 0 bridgehead atoms. The van der Waals surface area contributed by atoms with E-state index in [0.717, 1.165) is 18.7 Å². The lowest BCUT2D eigenvalue weighted by Crippen LogP contribution is -2.29. The van der Waals surface area contributed by atoms with Crippen molar-refractivity contribution >= 4 is 22.7 Å². The molecule has 3 aromatic rings. The molecule has 1 aliphatic heterocycles. The molecule has 27 heavy (non-hydrogen) atoms. The second-order valence-corrected chi connectivity index (χ2v) is 8.86. The highest BCUT2D eigenvalue weighted by molar-refractivity contribution is 7.99. The molecule has 0 atom stereocenters. The van der Waals surface area contributed by atoms with Crippen molar-refractivity contribution in [2.75, 3.05) is 18.8 Å². The van der Waals surface area contributed by atoms with Crippen LogP contribution in [0.1, 0.15) is 43.0 Å². The third kappa shape index (κ3) is 3.95. The second-order valence-electron chi connectivity index (χ2n) is 7.56. The van der Waals surface area contributed by atoms with Gasteiger partial charge in [-0.05, 0) is 54.9 Å². The Morgan fingerprint density at radius 1 is 0.926 bits per heavy atom. The first-order chi connectivity index (χ1) is 13.3. The van der Waals surface area contributed by atoms with E-state index in [1.165, 1.54) is 65.0 Å². The molecular weight excluding hydrogens is 348 g/mol. The van der Waals surface area contributed by atoms with E-state index in [1.54, 1.807) is 0 Å². The first-order valence-corrected chi connectivity index (χ1v) is 11.2. The molecule has 1 aromatic heterocycles. The van der Waals surface area contributed by atoms with Crippen LogP contribution in [-0.2, 0) is 20.0 Å². The lowest BCUT2D eigenvalue weighted by Gasteiger charge is -2.27. The lowest BCUT2D eigenvalue weighted by molar-refractivity contribution is 0.221. The Bertz CT molecular complexity index is 906. The zero-order chi connectivity index (χ0) is 18.6. The van der Waals surface area contributed by atoms with Crippen LogP contribution in [-0.4, -0.2) is 28.3 Å². The standard InChI is InChI=1S/C24H30N2S/c1-3-27-24-14-8-5-11-19(24)17-23-21(18-26-15-9-4-10-16-26)20-12-6-7-13-22(20)25(23)2/h5-8,11-14H,3-4,9-10,15-18H2,1-2H3. The van der Waals surface area contributed by atoms with Crippen LogP contribution in [0.4, 0.5) is 0 Å². The molecule has 0 N–H and O–H groups in total. The van der Waals surface area contributed by atoms with Crippen molar-refractivity contribution in [3.05, 3.63) is 65.4 Å². The van der Waals surface area contributed by atoms with Crippen LogP contribution in [0, 0.1) is 0 Å². The molecule has 4 rings (SSSR count). The third-order valence-electron chi connectivity index (χ3n) is 5.80. The van der Waals surface area contributed by atoms with Gasteiger partial charge in [0.15, 0.2) is 0 Å². The molecule has 0 saturated carbocycles. The molecule has 0 unspecified atom stereocenters. The first-order valence-electron chi connectivity index (χ1n) is 10.3. The second kappa shape index (κ2) is 8.53. The van der Waals surface area contributed by atoms with Gasteiger partial charge in [-0.2, -0.15) is 0 Å². The van der Waals surface area contributed by atoms with Crippen molar-refractivity contribution in [2.24, 2.45) is 7.05 Å². The van der Waals surface area contributed by atoms with Gasteiger partial charge < -0.3 is 4.57 Å². The maximum Gasteiger partial charge on any atom is 0.0483 e. The molecule has 142 valence electrons. The Labute approximate surface area is 167 Å². The van der Waals surface area contributed by atoms with Crippen molar-refractivity contribution < 1.29 is 0 Å². The summed E-state index contributed by atoms with van der Waals surface area (Å²) < 4.78 is 2.43. The van der Waals surface area contributed by atoms with E-state index >= 15 is 0 Å². The number of benzene rings is 2. The smallest absolute Gasteiger partial charge is 0.0483 e. The molecule has 2 heterocycles. The predicted octanol–water partition coefficient (Wildman–Crippen LogP) is 5.87. The van der Waals surface area contributed by atoms with Crippen LogP contribution < -0.4 is 0 Å². The average molecular weight is 379 g/mol. The summed E-state index contributed by atoms with van der Waals surface area (Å²) in [4.78, 5) is 4.08. The summed E-state index contributed by atoms with van der Waals surface area (Å²) in [5.74, 6) is 1.12. The van der Waals surface area contributed by atoms with Crippen LogP contribution in [0.3, 0.4) is 0 Å². The fraction of sp³-hybridized carbons (Fsp3) is 0.417. The van der Waals surface area contributed by atoms with Crippen molar-refractivity contribution in [3.63, 3.8) is 0 Å². The number of hydrogen-bond acceptors (Lipinski definition) is 2. The lowest BCUT2D eigenvalue weighted by atomic mass is 10.0. The number of fused-ring (bicyclic) bond motifs is 1. The summed E-state index contributed by atoms with van der Waals surface area (Å²) in [6.45, 7) is 5.80. The van der Waals surface area contributed by atoms with Gasteiger partial charge >= 0.3 is 0 Å². The molecule has 1 saturated heterocycles. The molecule has 3 heteroatoms. The number of hydrogen-bond donors (Lipinski definition) is 0. The minimum atomic E-state index is 1.01. The summed E-state index contributed by atoms with van der Waals surface area (Å²) in [6, 6.07) is 17.9. The number of piperidine rings is 1. The molecule has 0 amide bonds. The van der Waals surface area contributed by atoms with Gasteiger partial charge in [0.1, 0.15) is 0 Å². The number of para-hydroxylation sites is 1. The van der Waals surface area contributed by atoms with E-state index in [0.29, 0.717) is 0 Å². The first kappa shape index (κ1) is 18.6. The molecule has 0 aliphatic carbocycles. The highest BCUT2D eigenvalue weighted by Gasteiger charge is 2.19. The summed E-state index contributed by atoms with van der Waals surface area (Å²) in [7, 11) is 2.24. The number of nitrogens with zero attached hydrogens (tertiary/aromatic N) is 2. The van der Waals surface area contributed by atoms with Gasteiger partial charge in [-0.1, -0.05) is 49.7 Å². The van der Waals surface area contributed by atoms with Crippen LogP contribution in [0.5, 0.6) is 0 Å². The van der Waals surface area contributed by atoms with Crippen molar-refractivity contribution in [3.8, 4) is 0 Å². The number of thioether (sulfide) groups is 1. The number of aryl methyl sites for hydroxylation is 1. The van der Waals surface area contributed by atoms with Gasteiger partial charge in [-0.25, -0.2) is 0 Å². The zero-order valence-corrected chi connectivity index (χ0v) is 17.4. The van der Waals surface area contributed by atoms with Crippen LogP contribution in [0.15, 0.2) is 53.4 Å². The van der Waals surface area contributed by atoms with Gasteiger partial charge in [0.25, 0.3) is 0 Å². The number of aromatic nitrogens is 1. The summed E-state index contributed by atoms with van der Waals surface area (Å²) in [5, 5.41) is 1.43. The Morgan fingerprint density at radius 2 is 1.67 bits per heavy atom. The Morgan fingerprint density at radius 3 is 2.48 bits per heavy atom. The monoisotopic (exact) mass is 378 g/mol. The molecule has 1 fully saturated rings. The minimum absolute atomic E-state index is 1.01. The van der Waals surface area contributed by atoms with Gasteiger partial charge in [-0.3, -0.25) is 4.90 Å². The fourth-order valence-corrected chi connectivity index (χ4v) is 5.21. The van der Waals surface area contributed by atoms with E-state index in [4.69, 9.17) is 0 Å². The molecule has 2 nitrogen and oxygen atoms in total. The highest BCUT2D eigenvalue weighted by Crippen LogP contribution is 2.31. The topological polar surface area (TPSA) is 8.17 Å². The van der Waals surface area contributed by atoms with Gasteiger partial charge in [-0.15, -0.1) is 11.8 Å². The van der Waals surface area contributed by atoms with E-state index in [1.807, 2.05) is 11.8 Å². The zero-order valence-electron chi connectivity index (χ0n) is 16.6. The SMILES string of the molecule is CCSc1ccccc1Cc1c(CN2CCCCC2)c2ccccc2n1C. The van der Waals surface area contributed by atoms with E-state index in [9.17, 15) is 0 Å². The number of likely N-dealkylation sites (tertiary alicyclic amines) is 1. The van der Waals surface area contributed by atoms with Gasteiger partial charge in [0.05, 0.1) is 0 Å². The highest BCUT2D eigenvalue weighted by atomic mass is 32.2. The normalized spacial score (nSPS) is 15.5. The maximum atomic E-state index is 2.65. The van der Waals surface area contributed by atoms with E-state index in [2.05, 4.69) is 72.0 Å². The van der Waals surface area contributed by atoms with Crippen LogP contribution in [0.25, 0.3) is 10.9 Å². The summed E-state index contributed by atoms with van der Waals surface area (Å²) in [5.41, 5.74) is 5.83. The quantitative estimate of drug-likeness (QED) is 0.496. The Hall–Kier alpha value is -1.71.